The molecule has 0 aromatic carbocycles. The van der Waals surface area contributed by atoms with Gasteiger partial charge in [0.15, 0.2) is 0 Å². The van der Waals surface area contributed by atoms with Crippen molar-refractivity contribution in [2.45, 2.75) is 31.8 Å². The van der Waals surface area contributed by atoms with Crippen molar-refractivity contribution in [1.82, 2.24) is 19.9 Å². The zero-order chi connectivity index (χ0) is 12.3. The van der Waals surface area contributed by atoms with Crippen LogP contribution >= 0.6 is 0 Å². The van der Waals surface area contributed by atoms with Crippen LogP contribution in [0.2, 0.25) is 0 Å². The first-order valence-corrected chi connectivity index (χ1v) is 5.58. The van der Waals surface area contributed by atoms with Gasteiger partial charge in [-0.1, -0.05) is 6.92 Å². The Morgan fingerprint density at radius 3 is 2.56 bits per heavy atom. The molecular weight excluding hydrogens is 202 g/mol. The second-order valence-corrected chi connectivity index (χ2v) is 4.60. The van der Waals surface area contributed by atoms with Crippen LogP contribution in [0.1, 0.15) is 32.1 Å². The number of aromatic nitrogens is 2. The van der Waals surface area contributed by atoms with Crippen LogP contribution in [0.3, 0.4) is 0 Å². The summed E-state index contributed by atoms with van der Waals surface area (Å²) in [6.07, 6.45) is 4.72. The van der Waals surface area contributed by atoms with E-state index >= 15 is 0 Å². The van der Waals surface area contributed by atoms with Crippen LogP contribution in [0.15, 0.2) is 12.4 Å². The Bertz CT molecular complexity index is 333. The van der Waals surface area contributed by atoms with Crippen molar-refractivity contribution >= 4 is 0 Å². The first-order valence-electron chi connectivity index (χ1n) is 5.58. The lowest BCUT2D eigenvalue weighted by atomic mass is 9.87. The van der Waals surface area contributed by atoms with Crippen molar-refractivity contribution < 1.29 is 0 Å². The minimum absolute atomic E-state index is 0.00694. The predicted molar refractivity (Wildman–Crippen MR) is 65.7 cm³/mol. The molecule has 1 rings (SSSR count). The van der Waals surface area contributed by atoms with Crippen LogP contribution in [-0.2, 0) is 7.05 Å². The quantitative estimate of drug-likeness (QED) is 0.571. The first-order chi connectivity index (χ1) is 7.47. The number of hydrogen-bond donors (Lipinski definition) is 2. The molecule has 5 heteroatoms. The highest BCUT2D eigenvalue weighted by Gasteiger charge is 2.37. The van der Waals surface area contributed by atoms with E-state index < -0.39 is 0 Å². The molecule has 0 bridgehead atoms. The monoisotopic (exact) mass is 225 g/mol. The average Bonchev–Trinajstić information content (AvgIpc) is 2.65. The van der Waals surface area contributed by atoms with E-state index in [0.29, 0.717) is 0 Å². The summed E-state index contributed by atoms with van der Waals surface area (Å²) >= 11 is 0. The summed E-state index contributed by atoms with van der Waals surface area (Å²) in [5.41, 5.74) is 2.83. The lowest BCUT2D eigenvalue weighted by Gasteiger charge is -2.41. The van der Waals surface area contributed by atoms with E-state index in [4.69, 9.17) is 5.84 Å². The summed E-state index contributed by atoms with van der Waals surface area (Å²) in [6, 6.07) is 0.00694. The number of hydrazine groups is 1. The van der Waals surface area contributed by atoms with Gasteiger partial charge in [-0.3, -0.25) is 5.84 Å². The Kier molecular flexibility index (Phi) is 4.07. The fourth-order valence-electron chi connectivity index (χ4n) is 1.97. The van der Waals surface area contributed by atoms with Gasteiger partial charge in [0.25, 0.3) is 0 Å². The van der Waals surface area contributed by atoms with Crippen molar-refractivity contribution in [2.75, 3.05) is 14.1 Å². The normalized spacial score (nSPS) is 17.4. The van der Waals surface area contributed by atoms with Crippen LogP contribution in [0.4, 0.5) is 0 Å². The molecule has 2 atom stereocenters. The molecule has 0 fully saturated rings. The van der Waals surface area contributed by atoms with Crippen LogP contribution in [0.5, 0.6) is 0 Å². The van der Waals surface area contributed by atoms with Crippen LogP contribution < -0.4 is 11.3 Å². The van der Waals surface area contributed by atoms with Gasteiger partial charge in [-0.25, -0.2) is 10.4 Å². The lowest BCUT2D eigenvalue weighted by molar-refractivity contribution is 0.107. The van der Waals surface area contributed by atoms with Crippen molar-refractivity contribution in [3.8, 4) is 0 Å². The number of nitrogens with zero attached hydrogens (tertiary/aromatic N) is 3. The highest BCUT2D eigenvalue weighted by molar-refractivity contribution is 5.08. The maximum atomic E-state index is 5.70. The highest BCUT2D eigenvalue weighted by Crippen LogP contribution is 2.30. The van der Waals surface area contributed by atoms with E-state index in [9.17, 15) is 0 Å². The fraction of sp³-hybridized carbons (Fsp3) is 0.727. The molecule has 92 valence electrons. The zero-order valence-corrected chi connectivity index (χ0v) is 10.9. The summed E-state index contributed by atoms with van der Waals surface area (Å²) in [4.78, 5) is 6.56. The summed E-state index contributed by atoms with van der Waals surface area (Å²) in [5.74, 6) is 6.66. The average molecular weight is 225 g/mol. The second-order valence-electron chi connectivity index (χ2n) is 4.60. The van der Waals surface area contributed by atoms with Crippen LogP contribution in [0.25, 0.3) is 0 Å². The maximum Gasteiger partial charge on any atom is 0.128 e. The Balaban J connectivity index is 3.11. The second kappa shape index (κ2) is 4.95. The number of likely N-dealkylation sites (N-methyl/N-ethyl adjacent to an activating group) is 1. The molecule has 0 radical (unpaired) electrons. The zero-order valence-electron chi connectivity index (χ0n) is 10.9. The van der Waals surface area contributed by atoms with Gasteiger partial charge in [-0.05, 0) is 27.4 Å². The number of nitrogens with two attached hydrogens (primary N) is 1. The maximum absolute atomic E-state index is 5.70. The fourth-order valence-corrected chi connectivity index (χ4v) is 1.97. The van der Waals surface area contributed by atoms with Gasteiger partial charge in [-0.2, -0.15) is 0 Å². The smallest absolute Gasteiger partial charge is 0.128 e. The first kappa shape index (κ1) is 13.2. The third kappa shape index (κ3) is 2.11. The Labute approximate surface area is 97.6 Å². The molecule has 0 saturated heterocycles. The van der Waals surface area contributed by atoms with E-state index in [-0.39, 0.29) is 11.6 Å². The number of rotatable bonds is 5. The molecule has 1 aromatic rings. The third-order valence-corrected chi connectivity index (χ3v) is 3.64. The van der Waals surface area contributed by atoms with Gasteiger partial charge in [0.1, 0.15) is 5.82 Å². The van der Waals surface area contributed by atoms with Crippen molar-refractivity contribution in [3.05, 3.63) is 18.2 Å². The summed E-state index contributed by atoms with van der Waals surface area (Å²) in [7, 11) is 6.12. The van der Waals surface area contributed by atoms with Gasteiger partial charge in [-0.15, -0.1) is 0 Å². The minimum Gasteiger partial charge on any atom is -0.337 e. The summed E-state index contributed by atoms with van der Waals surface area (Å²) in [5, 5.41) is 0. The van der Waals surface area contributed by atoms with E-state index in [1.807, 2.05) is 17.8 Å². The Morgan fingerprint density at radius 1 is 1.62 bits per heavy atom. The van der Waals surface area contributed by atoms with E-state index in [1.54, 1.807) is 6.20 Å². The Hall–Kier alpha value is -0.910. The van der Waals surface area contributed by atoms with E-state index in [1.165, 1.54) is 0 Å². The Morgan fingerprint density at radius 2 is 2.25 bits per heavy atom. The molecule has 0 aliphatic rings. The molecule has 3 N–H and O–H groups in total. The molecular formula is C11H23N5. The standard InChI is InChI=1S/C11H23N5/c1-6-11(2,15(3)4)9(14-12)10-13-7-8-16(10)5/h7-9,14H,6,12H2,1-5H3. The van der Waals surface area contributed by atoms with E-state index in [0.717, 1.165) is 12.2 Å². The van der Waals surface area contributed by atoms with Crippen LogP contribution in [-0.4, -0.2) is 34.1 Å². The van der Waals surface area contributed by atoms with Gasteiger partial charge in [0.2, 0.25) is 0 Å². The SMILES string of the molecule is CCC(C)(C(NN)c1nccn1C)N(C)C. The molecule has 0 aliphatic carbocycles. The molecule has 2 unspecified atom stereocenters. The van der Waals surface area contributed by atoms with Gasteiger partial charge in [0, 0.05) is 25.0 Å². The van der Waals surface area contributed by atoms with Gasteiger partial charge in [0.05, 0.1) is 6.04 Å². The van der Waals surface area contributed by atoms with Crippen LogP contribution in [0, 0.1) is 0 Å². The molecule has 1 aromatic heterocycles. The molecule has 0 amide bonds. The molecule has 0 spiro atoms. The molecule has 0 aliphatic heterocycles. The topological polar surface area (TPSA) is 59.1 Å². The minimum atomic E-state index is -0.0616. The van der Waals surface area contributed by atoms with Crippen molar-refractivity contribution in [1.29, 1.82) is 0 Å². The molecule has 16 heavy (non-hydrogen) atoms. The molecule has 5 nitrogen and oxygen atoms in total. The number of aryl methyl sites for hydroxylation is 1. The van der Waals surface area contributed by atoms with E-state index in [2.05, 4.69) is 43.3 Å². The summed E-state index contributed by atoms with van der Waals surface area (Å²) < 4.78 is 2.00. The third-order valence-electron chi connectivity index (χ3n) is 3.64. The van der Waals surface area contributed by atoms with Crippen molar-refractivity contribution in [2.24, 2.45) is 12.9 Å². The van der Waals surface area contributed by atoms with Crippen molar-refractivity contribution in [3.63, 3.8) is 0 Å². The molecule has 1 heterocycles. The number of hydrogen-bond acceptors (Lipinski definition) is 4. The number of nitrogens with one attached hydrogen (secondary N) is 1. The summed E-state index contributed by atoms with van der Waals surface area (Å²) in [6.45, 7) is 4.35. The number of imidazole rings is 1. The van der Waals surface area contributed by atoms with Gasteiger partial charge < -0.3 is 9.47 Å². The predicted octanol–water partition coefficient (Wildman–Crippen LogP) is 0.655. The largest absolute Gasteiger partial charge is 0.337 e. The highest BCUT2D eigenvalue weighted by atomic mass is 15.3. The lowest BCUT2D eigenvalue weighted by Crippen LogP contribution is -2.53. The molecule has 0 saturated carbocycles. The van der Waals surface area contributed by atoms with Gasteiger partial charge >= 0.3 is 0 Å².